The number of rotatable bonds is 13. The van der Waals surface area contributed by atoms with E-state index in [9.17, 15) is 14.7 Å². The van der Waals surface area contributed by atoms with Crippen LogP contribution in [0.1, 0.15) is 56.6 Å². The molecular weight excluding hydrogens is 560 g/mol. The summed E-state index contributed by atoms with van der Waals surface area (Å²) in [6, 6.07) is 32.3. The van der Waals surface area contributed by atoms with Crippen molar-refractivity contribution in [2.24, 2.45) is 5.92 Å². The molecule has 1 saturated carbocycles. The normalized spacial score (nSPS) is 19.0. The Balaban J connectivity index is 0.000000279. The highest BCUT2D eigenvalue weighted by atomic mass is 16.4. The molecule has 0 aromatic heterocycles. The standard InChI is InChI=1S/C24H39N3O2.C8H9NO.C6H6/c1-3-13-26(2)22-11-14-27(15-12-22)18-20-9-10-21(16-20)25-23(24(28)29)17-19-7-5-4-6-8-19;10-7-9-6-8-4-2-1-3-5-8;1-2-4-6-5-3-1/h4-8,20-23,25H,3,9-18H2,1-2H3,(H,28,29);1-5,7H,6H2,(H,9,10);1-6H. The molecule has 3 unspecified atom stereocenters. The average molecular weight is 615 g/mol. The second-order valence-corrected chi connectivity index (χ2v) is 12.3. The van der Waals surface area contributed by atoms with E-state index in [0.717, 1.165) is 30.0 Å². The summed E-state index contributed by atoms with van der Waals surface area (Å²) >= 11 is 0. The molecule has 3 N–H and O–H groups in total. The van der Waals surface area contributed by atoms with Crippen molar-refractivity contribution in [3.05, 3.63) is 108 Å². The van der Waals surface area contributed by atoms with Gasteiger partial charge in [0.25, 0.3) is 0 Å². The fourth-order valence-corrected chi connectivity index (χ4v) is 6.33. The molecule has 1 aliphatic carbocycles. The Kier molecular flexibility index (Phi) is 17.0. The monoisotopic (exact) mass is 614 g/mol. The number of amides is 1. The van der Waals surface area contributed by atoms with E-state index < -0.39 is 12.0 Å². The molecule has 5 rings (SSSR count). The van der Waals surface area contributed by atoms with Crippen LogP contribution in [0, 0.1) is 5.92 Å². The SMILES string of the molecule is CCCN(C)C1CCN(CC2CCC(NC(Cc3ccccc3)C(=O)O)C2)CC1.O=CNCc1ccccc1.c1ccccc1. The number of carbonyl (C=O) groups is 2. The molecule has 0 bridgehead atoms. The van der Waals surface area contributed by atoms with Gasteiger partial charge in [0.1, 0.15) is 6.04 Å². The fourth-order valence-electron chi connectivity index (χ4n) is 6.33. The molecule has 3 aromatic rings. The third kappa shape index (κ3) is 14.4. The van der Waals surface area contributed by atoms with Crippen LogP contribution in [0.15, 0.2) is 97.1 Å². The molecule has 45 heavy (non-hydrogen) atoms. The van der Waals surface area contributed by atoms with E-state index in [1.54, 1.807) is 0 Å². The predicted octanol–water partition coefficient (Wildman–Crippen LogP) is 5.87. The number of nitrogens with zero attached hydrogens (tertiary/aromatic N) is 2. The molecule has 0 radical (unpaired) electrons. The van der Waals surface area contributed by atoms with Gasteiger partial charge in [-0.3, -0.25) is 9.59 Å². The molecule has 2 fully saturated rings. The van der Waals surface area contributed by atoms with Crippen LogP contribution in [0.4, 0.5) is 0 Å². The fraction of sp³-hybridized carbons (Fsp3) is 0.474. The molecule has 244 valence electrons. The van der Waals surface area contributed by atoms with E-state index in [4.69, 9.17) is 0 Å². The molecule has 7 nitrogen and oxygen atoms in total. The zero-order chi connectivity index (χ0) is 32.1. The summed E-state index contributed by atoms with van der Waals surface area (Å²) in [6.45, 7) is 7.67. The van der Waals surface area contributed by atoms with Gasteiger partial charge in [0.05, 0.1) is 0 Å². The van der Waals surface area contributed by atoms with Crippen LogP contribution in [0.25, 0.3) is 0 Å². The third-order valence-electron chi connectivity index (χ3n) is 8.73. The quantitative estimate of drug-likeness (QED) is 0.209. The minimum Gasteiger partial charge on any atom is -0.480 e. The smallest absolute Gasteiger partial charge is 0.321 e. The molecule has 3 aromatic carbocycles. The van der Waals surface area contributed by atoms with Gasteiger partial charge in [-0.05, 0) is 88.7 Å². The topological polar surface area (TPSA) is 84.9 Å². The van der Waals surface area contributed by atoms with Gasteiger partial charge in [0, 0.05) is 25.2 Å². The lowest BCUT2D eigenvalue weighted by Crippen LogP contribution is -2.45. The zero-order valence-corrected chi connectivity index (χ0v) is 27.3. The molecular formula is C38H54N4O3. The van der Waals surface area contributed by atoms with Gasteiger partial charge in [-0.1, -0.05) is 104 Å². The number of benzene rings is 3. The molecule has 1 saturated heterocycles. The Morgan fingerprint density at radius 1 is 0.889 bits per heavy atom. The van der Waals surface area contributed by atoms with Gasteiger partial charge in [0.15, 0.2) is 0 Å². The number of hydrogen-bond donors (Lipinski definition) is 3. The second kappa shape index (κ2) is 21.3. The first kappa shape index (κ1) is 36.0. The number of carboxylic acid groups (broad SMARTS) is 1. The van der Waals surface area contributed by atoms with Crippen molar-refractivity contribution in [2.75, 3.05) is 33.2 Å². The summed E-state index contributed by atoms with van der Waals surface area (Å²) in [5.74, 6) is -0.0424. The molecule has 0 spiro atoms. The van der Waals surface area contributed by atoms with Crippen LogP contribution in [0.2, 0.25) is 0 Å². The van der Waals surface area contributed by atoms with E-state index in [0.29, 0.717) is 31.3 Å². The Morgan fingerprint density at radius 3 is 1.98 bits per heavy atom. The van der Waals surface area contributed by atoms with Crippen LogP contribution in [-0.4, -0.2) is 78.6 Å². The molecule has 1 heterocycles. The van der Waals surface area contributed by atoms with Crippen molar-refractivity contribution >= 4 is 12.4 Å². The van der Waals surface area contributed by atoms with Crippen molar-refractivity contribution in [3.63, 3.8) is 0 Å². The lowest BCUT2D eigenvalue weighted by molar-refractivity contribution is -0.139. The number of piperidine rings is 1. The number of likely N-dealkylation sites (tertiary alicyclic amines) is 1. The number of hydrogen-bond acceptors (Lipinski definition) is 5. The highest BCUT2D eigenvalue weighted by Crippen LogP contribution is 2.28. The Morgan fingerprint density at radius 2 is 1.44 bits per heavy atom. The summed E-state index contributed by atoms with van der Waals surface area (Å²) in [5.41, 5.74) is 2.20. The Bertz CT molecular complexity index is 1150. The van der Waals surface area contributed by atoms with Crippen molar-refractivity contribution in [2.45, 2.75) is 76.5 Å². The molecule has 7 heteroatoms. The minimum absolute atomic E-state index is 0.332. The number of nitrogens with one attached hydrogen (secondary N) is 2. The van der Waals surface area contributed by atoms with E-state index in [-0.39, 0.29) is 0 Å². The zero-order valence-electron chi connectivity index (χ0n) is 27.3. The molecule has 1 amide bonds. The maximum atomic E-state index is 11.7. The average Bonchev–Trinajstić information content (AvgIpc) is 3.52. The molecule has 2 aliphatic rings. The van der Waals surface area contributed by atoms with Crippen LogP contribution in [0.5, 0.6) is 0 Å². The summed E-state index contributed by atoms with van der Waals surface area (Å²) < 4.78 is 0. The van der Waals surface area contributed by atoms with Gasteiger partial charge < -0.3 is 25.5 Å². The van der Waals surface area contributed by atoms with Crippen molar-refractivity contribution < 1.29 is 14.7 Å². The number of carbonyl (C=O) groups excluding carboxylic acids is 1. The lowest BCUT2D eigenvalue weighted by atomic mass is 10.0. The van der Waals surface area contributed by atoms with Crippen molar-refractivity contribution in [1.82, 2.24) is 20.4 Å². The van der Waals surface area contributed by atoms with Crippen molar-refractivity contribution in [1.29, 1.82) is 0 Å². The highest BCUT2D eigenvalue weighted by molar-refractivity contribution is 5.74. The van der Waals surface area contributed by atoms with E-state index >= 15 is 0 Å². The summed E-state index contributed by atoms with van der Waals surface area (Å²) in [4.78, 5) is 26.8. The largest absolute Gasteiger partial charge is 0.480 e. The highest BCUT2D eigenvalue weighted by Gasteiger charge is 2.31. The summed E-state index contributed by atoms with van der Waals surface area (Å²) in [5, 5.41) is 15.7. The van der Waals surface area contributed by atoms with Crippen molar-refractivity contribution in [3.8, 4) is 0 Å². The first-order chi connectivity index (χ1) is 22.0. The van der Waals surface area contributed by atoms with Crippen LogP contribution in [-0.2, 0) is 22.6 Å². The van der Waals surface area contributed by atoms with E-state index in [1.165, 1.54) is 51.9 Å². The van der Waals surface area contributed by atoms with E-state index in [2.05, 4.69) is 34.4 Å². The van der Waals surface area contributed by atoms with Crippen LogP contribution >= 0.6 is 0 Å². The Hall–Kier alpha value is -3.52. The minimum atomic E-state index is -0.740. The maximum Gasteiger partial charge on any atom is 0.321 e. The first-order valence-corrected chi connectivity index (χ1v) is 16.6. The number of carboxylic acids is 1. The van der Waals surface area contributed by atoms with Gasteiger partial charge in [0.2, 0.25) is 6.41 Å². The lowest BCUT2D eigenvalue weighted by Gasteiger charge is -2.37. The second-order valence-electron chi connectivity index (χ2n) is 12.3. The van der Waals surface area contributed by atoms with Crippen LogP contribution < -0.4 is 10.6 Å². The van der Waals surface area contributed by atoms with Gasteiger partial charge in [-0.25, -0.2) is 0 Å². The summed E-state index contributed by atoms with van der Waals surface area (Å²) in [6.07, 6.45) is 8.46. The van der Waals surface area contributed by atoms with Gasteiger partial charge in [-0.2, -0.15) is 0 Å². The first-order valence-electron chi connectivity index (χ1n) is 16.6. The maximum absolute atomic E-state index is 11.7. The molecule has 3 atom stereocenters. The van der Waals surface area contributed by atoms with Crippen LogP contribution in [0.3, 0.4) is 0 Å². The molecule has 1 aliphatic heterocycles. The number of aliphatic carboxylic acids is 1. The predicted molar refractivity (Wildman–Crippen MR) is 184 cm³/mol. The van der Waals surface area contributed by atoms with Gasteiger partial charge in [-0.15, -0.1) is 0 Å². The van der Waals surface area contributed by atoms with E-state index in [1.807, 2.05) is 97.1 Å². The third-order valence-corrected chi connectivity index (χ3v) is 8.73. The summed E-state index contributed by atoms with van der Waals surface area (Å²) in [7, 11) is 2.27. The Labute approximate surface area is 271 Å². The van der Waals surface area contributed by atoms with Gasteiger partial charge >= 0.3 is 5.97 Å².